The Balaban J connectivity index is 2.42. The molecule has 0 saturated carbocycles. The number of nitrogens with one attached hydrogen (secondary N) is 2. The maximum Gasteiger partial charge on any atom is 0.292 e. The van der Waals surface area contributed by atoms with E-state index >= 15 is 0 Å². The molecule has 5 heteroatoms. The minimum atomic E-state index is -0.353. The number of nitroso groups, excluding NO2 is 1. The van der Waals surface area contributed by atoms with Gasteiger partial charge in [0.05, 0.1) is 4.91 Å². The molecule has 2 aliphatic heterocycles. The third-order valence-corrected chi connectivity index (χ3v) is 1.68. The van der Waals surface area contributed by atoms with Gasteiger partial charge >= 0.3 is 0 Å². The highest BCUT2D eigenvalue weighted by Crippen LogP contribution is 2.16. The van der Waals surface area contributed by atoms with E-state index in [2.05, 4.69) is 10.7 Å². The molecule has 1 amide bonds. The van der Waals surface area contributed by atoms with Gasteiger partial charge in [0.25, 0.3) is 11.6 Å². The van der Waals surface area contributed by atoms with Crippen LogP contribution in [0.15, 0.2) is 24.3 Å². The second kappa shape index (κ2) is 2.85. The van der Waals surface area contributed by atoms with Crippen molar-refractivity contribution in [1.29, 1.82) is 0 Å². The molecular weight excluding hydrogens is 170 g/mol. The van der Waals surface area contributed by atoms with E-state index in [0.29, 0.717) is 16.2 Å². The van der Waals surface area contributed by atoms with Crippen molar-refractivity contribution in [2.75, 3.05) is 5.32 Å². The number of carbonyl (C=O) groups is 1. The van der Waals surface area contributed by atoms with Crippen LogP contribution in [0, 0.1) is 11.5 Å². The third kappa shape index (κ3) is 1.48. The van der Waals surface area contributed by atoms with Crippen LogP contribution in [0.3, 0.4) is 0 Å². The van der Waals surface area contributed by atoms with Gasteiger partial charge < -0.3 is 5.32 Å². The van der Waals surface area contributed by atoms with Crippen LogP contribution in [0.1, 0.15) is 0 Å². The summed E-state index contributed by atoms with van der Waals surface area (Å²) in [4.78, 5) is 22.7. The highest BCUT2D eigenvalue weighted by atomic mass is 16.3. The molecule has 0 aliphatic carbocycles. The van der Waals surface area contributed by atoms with Gasteiger partial charge in [0.1, 0.15) is 0 Å². The molecule has 1 radical (unpaired) electrons. The lowest BCUT2D eigenvalue weighted by Crippen LogP contribution is -2.26. The molecule has 3 rings (SSSR count). The maximum absolute atomic E-state index is 11.2. The predicted molar refractivity (Wildman–Crippen MR) is 45.8 cm³/mol. The Kier molecular flexibility index (Phi) is 1.70. The van der Waals surface area contributed by atoms with Crippen LogP contribution in [0.4, 0.5) is 11.4 Å². The summed E-state index contributed by atoms with van der Waals surface area (Å²) in [5.74, 6) is -0.353. The number of rotatable bonds is 0. The van der Waals surface area contributed by atoms with Crippen LogP contribution in [0.5, 0.6) is 0 Å². The van der Waals surface area contributed by atoms with Crippen LogP contribution in [-0.2, 0) is 4.79 Å². The predicted octanol–water partition coefficient (Wildman–Crippen LogP) is 0.715. The van der Waals surface area contributed by atoms with E-state index in [1.165, 1.54) is 0 Å². The molecule has 65 valence electrons. The van der Waals surface area contributed by atoms with Gasteiger partial charge in [0, 0.05) is 17.8 Å². The summed E-state index contributed by atoms with van der Waals surface area (Å²) in [6.45, 7) is 1.08. The number of amides is 1. The summed E-state index contributed by atoms with van der Waals surface area (Å²) < 4.78 is 0. The smallest absolute Gasteiger partial charge is 0.292 e. The number of carbonyl (C=O) groups excluding carboxylic acids is 1. The normalized spacial score (nSPS) is 15.4. The van der Waals surface area contributed by atoms with Crippen molar-refractivity contribution in [1.82, 2.24) is 5.43 Å². The quantitative estimate of drug-likeness (QED) is 0.574. The second-order valence-electron chi connectivity index (χ2n) is 2.60. The number of hydrogen-bond donors (Lipinski definition) is 2. The lowest BCUT2D eigenvalue weighted by molar-refractivity contribution is -0.519. The van der Waals surface area contributed by atoms with E-state index in [1.54, 1.807) is 24.3 Å². The first-order chi connectivity index (χ1) is 6.25. The Bertz CT molecular complexity index is 358. The number of hydrogen-bond acceptors (Lipinski definition) is 2. The van der Waals surface area contributed by atoms with Gasteiger partial charge in [-0.2, -0.15) is 0 Å². The molecule has 2 aliphatic rings. The number of benzene rings is 1. The molecule has 0 aromatic heterocycles. The minimum absolute atomic E-state index is 0.353. The van der Waals surface area contributed by atoms with E-state index in [0.717, 1.165) is 6.54 Å². The number of hydrazine groups is 1. The van der Waals surface area contributed by atoms with Gasteiger partial charge in [0.2, 0.25) is 0 Å². The first-order valence-corrected chi connectivity index (χ1v) is 3.73. The molecule has 2 N–H and O–H groups in total. The molecule has 0 atom stereocenters. The van der Waals surface area contributed by atoms with Gasteiger partial charge in [-0.1, -0.05) is 0 Å². The molecule has 13 heavy (non-hydrogen) atoms. The van der Waals surface area contributed by atoms with Crippen molar-refractivity contribution in [3.05, 3.63) is 35.7 Å². The lowest BCUT2D eigenvalue weighted by atomic mass is 10.3. The van der Waals surface area contributed by atoms with Crippen LogP contribution in [-0.4, -0.2) is 10.8 Å². The van der Waals surface area contributed by atoms with Crippen molar-refractivity contribution in [2.45, 2.75) is 0 Å². The molecular formula is C8H7N3O2+. The van der Waals surface area contributed by atoms with E-state index in [9.17, 15) is 9.70 Å². The molecule has 5 nitrogen and oxygen atoms in total. The number of anilines is 1. The summed E-state index contributed by atoms with van der Waals surface area (Å²) in [6.07, 6.45) is 0. The fraction of sp³-hybridized carbons (Fsp3) is 0. The lowest BCUT2D eigenvalue weighted by Gasteiger charge is -1.98. The van der Waals surface area contributed by atoms with Crippen molar-refractivity contribution >= 4 is 17.3 Å². The zero-order chi connectivity index (χ0) is 9.26. The molecule has 0 saturated heterocycles. The number of nitrogens with zero attached hydrogens (tertiary/aromatic N) is 1. The Morgan fingerprint density at radius 3 is 2.54 bits per heavy atom. The monoisotopic (exact) mass is 177 g/mol. The average Bonchev–Trinajstić information content (AvgIpc) is 2.23. The highest BCUT2D eigenvalue weighted by molar-refractivity contribution is 5.96. The highest BCUT2D eigenvalue weighted by Gasteiger charge is 2.18. The third-order valence-electron chi connectivity index (χ3n) is 1.68. The summed E-state index contributed by atoms with van der Waals surface area (Å²) in [5.41, 5.74) is 3.41. The Labute approximate surface area is 74.3 Å². The largest absolute Gasteiger partial charge is 0.324 e. The van der Waals surface area contributed by atoms with Crippen LogP contribution in [0.25, 0.3) is 0 Å². The molecule has 1 aromatic rings. The Morgan fingerprint density at radius 2 is 1.85 bits per heavy atom. The van der Waals surface area contributed by atoms with E-state index in [1.807, 2.05) is 0 Å². The van der Waals surface area contributed by atoms with E-state index in [4.69, 9.17) is 0 Å². The van der Waals surface area contributed by atoms with Gasteiger partial charge in [0.15, 0.2) is 11.4 Å². The molecule has 0 spiro atoms. The molecule has 0 fully saturated rings. The standard InChI is InChI=1S/C8H6N3O2/c12-8-5-9-11(13)7-3-1-6(10-8)2-4-7/h1-5H,(H-,9,10,12,13)/p+1. The molecule has 2 bridgehead atoms. The zero-order valence-electron chi connectivity index (χ0n) is 6.65. The first-order valence-electron chi connectivity index (χ1n) is 3.73. The van der Waals surface area contributed by atoms with Gasteiger partial charge in [-0.05, 0) is 12.1 Å². The fourth-order valence-electron chi connectivity index (χ4n) is 1.05. The van der Waals surface area contributed by atoms with E-state index in [-0.39, 0.29) is 5.91 Å². The fourth-order valence-corrected chi connectivity index (χ4v) is 1.05. The molecule has 1 aromatic carbocycles. The van der Waals surface area contributed by atoms with Gasteiger partial charge in [-0.15, -0.1) is 5.43 Å². The Hall–Kier alpha value is -1.91. The van der Waals surface area contributed by atoms with Crippen LogP contribution < -0.4 is 10.7 Å². The van der Waals surface area contributed by atoms with Crippen molar-refractivity contribution in [3.63, 3.8) is 0 Å². The van der Waals surface area contributed by atoms with Crippen molar-refractivity contribution in [2.24, 2.45) is 0 Å². The van der Waals surface area contributed by atoms with Crippen molar-refractivity contribution < 1.29 is 9.66 Å². The summed E-state index contributed by atoms with van der Waals surface area (Å²) in [5, 5.41) is 2.57. The molecule has 2 heterocycles. The van der Waals surface area contributed by atoms with Gasteiger partial charge in [-0.3, -0.25) is 4.79 Å². The number of fused-ring (bicyclic) bond motifs is 6. The average molecular weight is 177 g/mol. The zero-order valence-corrected chi connectivity index (χ0v) is 6.65. The maximum atomic E-state index is 11.2. The summed E-state index contributed by atoms with van der Waals surface area (Å²) in [6, 6.07) is 6.57. The SMILES string of the molecule is O=C1[CH]N[N+](=O)c2ccc(cc2)N1. The van der Waals surface area contributed by atoms with E-state index < -0.39 is 0 Å². The van der Waals surface area contributed by atoms with Crippen LogP contribution >= 0.6 is 0 Å². The first kappa shape index (κ1) is 7.72. The topological polar surface area (TPSA) is 61.2 Å². The molecule has 0 unspecified atom stereocenters. The van der Waals surface area contributed by atoms with Crippen LogP contribution in [0.2, 0.25) is 0 Å². The Morgan fingerprint density at radius 1 is 1.15 bits per heavy atom. The summed E-state index contributed by atoms with van der Waals surface area (Å²) in [7, 11) is 0. The van der Waals surface area contributed by atoms with Crippen molar-refractivity contribution in [3.8, 4) is 0 Å². The minimum Gasteiger partial charge on any atom is -0.324 e. The summed E-state index contributed by atoms with van der Waals surface area (Å²) >= 11 is 0. The van der Waals surface area contributed by atoms with Gasteiger partial charge in [-0.25, -0.2) is 0 Å². The second-order valence-corrected chi connectivity index (χ2v) is 2.60.